The smallest absolute Gasteiger partial charge is 0.256 e. The number of nitrogens with zero attached hydrogens (tertiary/aromatic N) is 1. The van der Waals surface area contributed by atoms with Crippen molar-refractivity contribution in [2.45, 2.75) is 6.54 Å². The van der Waals surface area contributed by atoms with Gasteiger partial charge in [-0.2, -0.15) is 0 Å². The van der Waals surface area contributed by atoms with Gasteiger partial charge in [0.25, 0.3) is 5.91 Å². The number of benzene rings is 2. The first-order chi connectivity index (χ1) is 10.1. The molecule has 1 aliphatic rings. The van der Waals surface area contributed by atoms with E-state index < -0.39 is 0 Å². The van der Waals surface area contributed by atoms with E-state index >= 15 is 0 Å². The van der Waals surface area contributed by atoms with Gasteiger partial charge in [-0.15, -0.1) is 0 Å². The summed E-state index contributed by atoms with van der Waals surface area (Å²) in [7, 11) is 4.09. The maximum atomic E-state index is 12.2. The monoisotopic (exact) mass is 278 g/mol. The molecule has 3 nitrogen and oxygen atoms in total. The highest BCUT2D eigenvalue weighted by Crippen LogP contribution is 2.33. The molecule has 1 heterocycles. The Morgan fingerprint density at radius 2 is 1.76 bits per heavy atom. The van der Waals surface area contributed by atoms with Crippen molar-refractivity contribution >= 4 is 23.2 Å². The second-order valence-corrected chi connectivity index (χ2v) is 5.49. The van der Waals surface area contributed by atoms with Crippen molar-refractivity contribution < 1.29 is 4.79 Å². The number of hydrogen-bond donors (Lipinski definition) is 1. The SMILES string of the molecule is CN(C)Cc1ccccc1/C=C1/C(=O)Nc2ccccc21. The Hall–Kier alpha value is -2.39. The first-order valence-corrected chi connectivity index (χ1v) is 7.00. The molecule has 0 unspecified atom stereocenters. The Labute approximate surface area is 124 Å². The number of carbonyl (C=O) groups is 1. The molecule has 0 fully saturated rings. The quantitative estimate of drug-likeness (QED) is 0.874. The molecule has 0 saturated heterocycles. The van der Waals surface area contributed by atoms with Crippen LogP contribution in [0.3, 0.4) is 0 Å². The summed E-state index contributed by atoms with van der Waals surface area (Å²) in [6.07, 6.45) is 1.99. The fourth-order valence-electron chi connectivity index (χ4n) is 2.60. The number of hydrogen-bond acceptors (Lipinski definition) is 2. The summed E-state index contributed by atoms with van der Waals surface area (Å²) in [6, 6.07) is 16.0. The average Bonchev–Trinajstić information content (AvgIpc) is 2.77. The molecule has 0 atom stereocenters. The van der Waals surface area contributed by atoms with E-state index in [2.05, 4.69) is 22.3 Å². The van der Waals surface area contributed by atoms with Crippen LogP contribution in [0.25, 0.3) is 11.6 Å². The van der Waals surface area contributed by atoms with Crippen molar-refractivity contribution in [2.24, 2.45) is 0 Å². The molecule has 0 saturated carbocycles. The van der Waals surface area contributed by atoms with Crippen molar-refractivity contribution in [2.75, 3.05) is 19.4 Å². The van der Waals surface area contributed by atoms with Crippen LogP contribution in [-0.2, 0) is 11.3 Å². The van der Waals surface area contributed by atoms with E-state index in [1.165, 1.54) is 5.56 Å². The second-order valence-electron chi connectivity index (χ2n) is 5.49. The molecule has 3 rings (SSSR count). The van der Waals surface area contributed by atoms with Gasteiger partial charge in [0.1, 0.15) is 0 Å². The van der Waals surface area contributed by atoms with Crippen LogP contribution in [0.2, 0.25) is 0 Å². The first kappa shape index (κ1) is 13.6. The van der Waals surface area contributed by atoms with Crippen molar-refractivity contribution in [1.82, 2.24) is 4.90 Å². The van der Waals surface area contributed by atoms with E-state index in [1.54, 1.807) is 0 Å². The highest BCUT2D eigenvalue weighted by molar-refractivity contribution is 6.34. The lowest BCUT2D eigenvalue weighted by molar-refractivity contribution is -0.110. The summed E-state index contributed by atoms with van der Waals surface area (Å²) in [5.41, 5.74) is 4.90. The molecule has 0 aliphatic carbocycles. The molecule has 1 amide bonds. The molecule has 1 aliphatic heterocycles. The van der Waals surface area contributed by atoms with Crippen molar-refractivity contribution in [3.63, 3.8) is 0 Å². The topological polar surface area (TPSA) is 32.3 Å². The van der Waals surface area contributed by atoms with Gasteiger partial charge in [-0.05, 0) is 37.4 Å². The maximum Gasteiger partial charge on any atom is 0.256 e. The van der Waals surface area contributed by atoms with E-state index in [-0.39, 0.29) is 5.91 Å². The summed E-state index contributed by atoms with van der Waals surface area (Å²) < 4.78 is 0. The predicted octanol–water partition coefficient (Wildman–Crippen LogP) is 3.24. The molecule has 0 aromatic heterocycles. The van der Waals surface area contributed by atoms with Gasteiger partial charge in [-0.3, -0.25) is 4.79 Å². The Morgan fingerprint density at radius 3 is 2.57 bits per heavy atom. The Balaban J connectivity index is 2.05. The molecular formula is C18H18N2O. The summed E-state index contributed by atoms with van der Waals surface area (Å²) in [4.78, 5) is 14.3. The van der Waals surface area contributed by atoms with Crippen molar-refractivity contribution in [3.8, 4) is 0 Å². The van der Waals surface area contributed by atoms with Crippen molar-refractivity contribution in [1.29, 1.82) is 0 Å². The van der Waals surface area contributed by atoms with Crippen LogP contribution in [0.15, 0.2) is 48.5 Å². The molecule has 2 aromatic rings. The molecular weight excluding hydrogens is 260 g/mol. The second kappa shape index (κ2) is 5.54. The summed E-state index contributed by atoms with van der Waals surface area (Å²) in [6.45, 7) is 0.850. The van der Waals surface area contributed by atoms with Gasteiger partial charge in [-0.25, -0.2) is 0 Å². The lowest BCUT2D eigenvalue weighted by atomic mass is 10.0. The third-order valence-corrected chi connectivity index (χ3v) is 3.55. The zero-order chi connectivity index (χ0) is 14.8. The van der Waals surface area contributed by atoms with Gasteiger partial charge in [0.2, 0.25) is 0 Å². The van der Waals surface area contributed by atoms with Crippen LogP contribution in [0.5, 0.6) is 0 Å². The summed E-state index contributed by atoms with van der Waals surface area (Å²) in [5, 5.41) is 2.91. The number of nitrogens with one attached hydrogen (secondary N) is 1. The Kier molecular flexibility index (Phi) is 3.59. The fourth-order valence-corrected chi connectivity index (χ4v) is 2.60. The minimum atomic E-state index is -0.0316. The van der Waals surface area contributed by atoms with Crippen LogP contribution in [0.4, 0.5) is 5.69 Å². The average molecular weight is 278 g/mol. The van der Waals surface area contributed by atoms with Gasteiger partial charge < -0.3 is 10.2 Å². The molecule has 0 spiro atoms. The zero-order valence-corrected chi connectivity index (χ0v) is 12.3. The molecule has 0 bridgehead atoms. The van der Waals surface area contributed by atoms with E-state index in [9.17, 15) is 4.79 Å². The van der Waals surface area contributed by atoms with Crippen LogP contribution in [0, 0.1) is 0 Å². The van der Waals surface area contributed by atoms with Crippen molar-refractivity contribution in [3.05, 3.63) is 65.2 Å². The number of rotatable bonds is 3. The summed E-state index contributed by atoms with van der Waals surface area (Å²) in [5.74, 6) is -0.0316. The molecule has 3 heteroatoms. The van der Waals surface area contributed by atoms with Gasteiger partial charge in [0, 0.05) is 23.4 Å². The van der Waals surface area contributed by atoms with E-state index in [0.717, 1.165) is 28.9 Å². The third-order valence-electron chi connectivity index (χ3n) is 3.55. The molecule has 2 aromatic carbocycles. The van der Waals surface area contributed by atoms with Gasteiger partial charge in [0.05, 0.1) is 0 Å². The minimum Gasteiger partial charge on any atom is -0.321 e. The van der Waals surface area contributed by atoms with Gasteiger partial charge in [0.15, 0.2) is 0 Å². The summed E-state index contributed by atoms with van der Waals surface area (Å²) >= 11 is 0. The predicted molar refractivity (Wildman–Crippen MR) is 86.8 cm³/mol. The van der Waals surface area contributed by atoms with Crippen LogP contribution >= 0.6 is 0 Å². The van der Waals surface area contributed by atoms with Gasteiger partial charge >= 0.3 is 0 Å². The molecule has 0 radical (unpaired) electrons. The number of carbonyl (C=O) groups excluding carboxylic acids is 1. The van der Waals surface area contributed by atoms with E-state index in [0.29, 0.717) is 0 Å². The Bertz CT molecular complexity index is 717. The normalized spacial score (nSPS) is 15.4. The minimum absolute atomic E-state index is 0.0316. The van der Waals surface area contributed by atoms with E-state index in [4.69, 9.17) is 0 Å². The lowest BCUT2D eigenvalue weighted by Gasteiger charge is -2.12. The largest absolute Gasteiger partial charge is 0.321 e. The molecule has 21 heavy (non-hydrogen) atoms. The first-order valence-electron chi connectivity index (χ1n) is 7.00. The highest BCUT2D eigenvalue weighted by atomic mass is 16.2. The standard InChI is InChI=1S/C18H18N2O/c1-20(2)12-14-8-4-3-7-13(14)11-16-15-9-5-6-10-17(15)19-18(16)21/h3-11H,12H2,1-2H3,(H,19,21)/b16-11+. The van der Waals surface area contributed by atoms with Crippen LogP contribution < -0.4 is 5.32 Å². The molecule has 1 N–H and O–H groups in total. The maximum absolute atomic E-state index is 12.2. The fraction of sp³-hybridized carbons (Fsp3) is 0.167. The van der Waals surface area contributed by atoms with Crippen LogP contribution in [-0.4, -0.2) is 24.9 Å². The number of fused-ring (bicyclic) bond motifs is 1. The third kappa shape index (κ3) is 2.73. The Morgan fingerprint density at radius 1 is 1.05 bits per heavy atom. The number of anilines is 1. The number of para-hydroxylation sites is 1. The zero-order valence-electron chi connectivity index (χ0n) is 12.3. The van der Waals surface area contributed by atoms with Gasteiger partial charge in [-0.1, -0.05) is 42.5 Å². The number of amides is 1. The highest BCUT2D eigenvalue weighted by Gasteiger charge is 2.23. The molecule has 106 valence electrons. The van der Waals surface area contributed by atoms with E-state index in [1.807, 2.05) is 56.6 Å². The van der Waals surface area contributed by atoms with Crippen LogP contribution in [0.1, 0.15) is 16.7 Å². The lowest BCUT2D eigenvalue weighted by Crippen LogP contribution is -2.11.